The van der Waals surface area contributed by atoms with Crippen molar-refractivity contribution in [2.24, 2.45) is 0 Å². The maximum Gasteiger partial charge on any atom is 0.289 e. The smallest absolute Gasteiger partial charge is 0.289 e. The first-order valence-corrected chi connectivity index (χ1v) is 13.0. The number of pyridine rings is 1. The molecule has 4 nitrogen and oxygen atoms in total. The van der Waals surface area contributed by atoms with Gasteiger partial charge in [0.25, 0.3) is 5.91 Å². The van der Waals surface area contributed by atoms with E-state index >= 15 is 0 Å². The van der Waals surface area contributed by atoms with Gasteiger partial charge in [0.15, 0.2) is 5.76 Å². The number of nitrogens with zero attached hydrogens (tertiary/aromatic N) is 2. The predicted molar refractivity (Wildman–Crippen MR) is 142 cm³/mol. The van der Waals surface area contributed by atoms with E-state index in [0.29, 0.717) is 25.3 Å². The van der Waals surface area contributed by atoms with Crippen LogP contribution in [0.15, 0.2) is 53.1 Å². The maximum atomic E-state index is 13.2. The van der Waals surface area contributed by atoms with Crippen molar-refractivity contribution in [3.05, 3.63) is 88.1 Å². The first kappa shape index (κ1) is 25.2. The summed E-state index contributed by atoms with van der Waals surface area (Å²) in [7, 11) is 0. The van der Waals surface area contributed by atoms with E-state index in [9.17, 15) is 4.79 Å². The predicted octanol–water partition coefficient (Wildman–Crippen LogP) is 7.02. The van der Waals surface area contributed by atoms with Crippen molar-refractivity contribution in [3.63, 3.8) is 0 Å². The van der Waals surface area contributed by atoms with Gasteiger partial charge in [-0.05, 0) is 83.5 Å². The molecule has 186 valence electrons. The van der Waals surface area contributed by atoms with E-state index in [1.165, 1.54) is 35.1 Å². The Balaban J connectivity index is 1.52. The number of amides is 1. The molecule has 0 unspecified atom stereocenters. The van der Waals surface area contributed by atoms with Crippen LogP contribution in [0.4, 0.5) is 0 Å². The number of furan rings is 1. The highest BCUT2D eigenvalue weighted by Crippen LogP contribution is 2.46. The van der Waals surface area contributed by atoms with Gasteiger partial charge in [0.2, 0.25) is 0 Å². The molecular formula is C31H40N2O2. The molecule has 2 aromatic heterocycles. The zero-order valence-electron chi connectivity index (χ0n) is 22.3. The van der Waals surface area contributed by atoms with Crippen LogP contribution in [0.5, 0.6) is 0 Å². The lowest BCUT2D eigenvalue weighted by atomic mass is 9.62. The summed E-state index contributed by atoms with van der Waals surface area (Å²) in [5.41, 5.74) is 6.89. The van der Waals surface area contributed by atoms with Crippen LogP contribution >= 0.6 is 0 Å². The number of aryl methyl sites for hydroxylation is 1. The Morgan fingerprint density at radius 2 is 1.71 bits per heavy atom. The minimum absolute atomic E-state index is 0.0425. The van der Waals surface area contributed by atoms with E-state index in [1.807, 2.05) is 35.2 Å². The van der Waals surface area contributed by atoms with Crippen molar-refractivity contribution in [1.82, 2.24) is 9.88 Å². The van der Waals surface area contributed by atoms with Crippen molar-refractivity contribution in [2.45, 2.75) is 84.5 Å². The highest BCUT2D eigenvalue weighted by molar-refractivity contribution is 5.91. The van der Waals surface area contributed by atoms with E-state index in [4.69, 9.17) is 4.42 Å². The molecule has 4 rings (SSSR count). The Hall–Kier alpha value is -2.88. The largest absolute Gasteiger partial charge is 0.456 e. The van der Waals surface area contributed by atoms with Gasteiger partial charge < -0.3 is 9.32 Å². The number of carbonyl (C=O) groups is 1. The number of hydrogen-bond donors (Lipinski definition) is 0. The molecule has 3 aromatic rings. The monoisotopic (exact) mass is 472 g/mol. The van der Waals surface area contributed by atoms with Crippen LogP contribution in [-0.2, 0) is 23.7 Å². The Morgan fingerprint density at radius 1 is 1.00 bits per heavy atom. The second-order valence-corrected chi connectivity index (χ2v) is 11.4. The van der Waals surface area contributed by atoms with Crippen LogP contribution in [0.1, 0.15) is 98.1 Å². The lowest BCUT2D eigenvalue weighted by Gasteiger charge is -2.42. The van der Waals surface area contributed by atoms with Crippen LogP contribution in [0, 0.1) is 6.92 Å². The van der Waals surface area contributed by atoms with Gasteiger partial charge in [0.1, 0.15) is 5.76 Å². The van der Waals surface area contributed by atoms with E-state index < -0.39 is 0 Å². The molecule has 0 atom stereocenters. The van der Waals surface area contributed by atoms with Crippen molar-refractivity contribution in [2.75, 3.05) is 13.1 Å². The topological polar surface area (TPSA) is 46.3 Å². The molecule has 2 heterocycles. The van der Waals surface area contributed by atoms with Gasteiger partial charge in [-0.1, -0.05) is 52.8 Å². The average Bonchev–Trinajstić information content (AvgIpc) is 3.29. The third kappa shape index (κ3) is 5.52. The van der Waals surface area contributed by atoms with Crippen LogP contribution < -0.4 is 0 Å². The fraction of sp³-hybridized carbons (Fsp3) is 0.484. The summed E-state index contributed by atoms with van der Waals surface area (Å²) in [4.78, 5) is 19.5. The molecule has 0 radical (unpaired) electrons. The van der Waals surface area contributed by atoms with Crippen molar-refractivity contribution in [1.29, 1.82) is 0 Å². The summed E-state index contributed by atoms with van der Waals surface area (Å²) in [6.07, 6.45) is 6.54. The number of carbonyl (C=O) groups excluding carboxylic acids is 1. The third-order valence-corrected chi connectivity index (χ3v) is 7.69. The summed E-state index contributed by atoms with van der Waals surface area (Å²) < 4.78 is 6.11. The van der Waals surface area contributed by atoms with Gasteiger partial charge in [-0.2, -0.15) is 0 Å². The molecule has 1 amide bonds. The molecule has 0 saturated carbocycles. The summed E-state index contributed by atoms with van der Waals surface area (Å²) in [6, 6.07) is 14.5. The van der Waals surface area contributed by atoms with Crippen LogP contribution in [-0.4, -0.2) is 28.9 Å². The molecule has 4 heteroatoms. The summed E-state index contributed by atoms with van der Waals surface area (Å²) in [5.74, 6) is 1.22. The molecule has 0 fully saturated rings. The molecule has 0 saturated heterocycles. The quantitative estimate of drug-likeness (QED) is 0.354. The van der Waals surface area contributed by atoms with E-state index in [2.05, 4.69) is 58.7 Å². The number of fused-ring (bicyclic) bond motifs is 1. The number of benzene rings is 1. The number of hydrogen-bond acceptors (Lipinski definition) is 3. The maximum absolute atomic E-state index is 13.2. The first-order chi connectivity index (χ1) is 16.6. The fourth-order valence-electron chi connectivity index (χ4n) is 5.27. The second kappa shape index (κ2) is 10.0. The number of rotatable bonds is 8. The van der Waals surface area contributed by atoms with Gasteiger partial charge >= 0.3 is 0 Å². The minimum Gasteiger partial charge on any atom is -0.456 e. The molecule has 0 spiro atoms. The minimum atomic E-state index is -0.0425. The number of aromatic nitrogens is 1. The summed E-state index contributed by atoms with van der Waals surface area (Å²) in [5, 5.41) is 0. The molecule has 1 aliphatic rings. The van der Waals surface area contributed by atoms with Gasteiger partial charge in [-0.25, -0.2) is 0 Å². The van der Waals surface area contributed by atoms with Crippen molar-refractivity contribution >= 4 is 5.91 Å². The average molecular weight is 473 g/mol. The molecule has 0 aliphatic heterocycles. The van der Waals surface area contributed by atoms with Gasteiger partial charge in [-0.15, -0.1) is 0 Å². The van der Waals surface area contributed by atoms with Crippen molar-refractivity contribution in [3.8, 4) is 0 Å². The zero-order chi connectivity index (χ0) is 25.2. The van der Waals surface area contributed by atoms with E-state index in [-0.39, 0.29) is 16.7 Å². The summed E-state index contributed by atoms with van der Waals surface area (Å²) >= 11 is 0. The Bertz CT molecular complexity index is 1170. The van der Waals surface area contributed by atoms with Gasteiger partial charge in [-0.3, -0.25) is 9.78 Å². The molecule has 0 bridgehead atoms. The van der Waals surface area contributed by atoms with Crippen LogP contribution in [0.3, 0.4) is 0 Å². The Kier molecular flexibility index (Phi) is 7.21. The SMILES string of the molecule is CCCN(CCc1ccccn1)C(=O)c1ccc(Cc2cc3c(cc2C)C(C)(C)CCC3(C)C)o1. The van der Waals surface area contributed by atoms with Crippen LogP contribution in [0.25, 0.3) is 0 Å². The van der Waals surface area contributed by atoms with Crippen LogP contribution in [0.2, 0.25) is 0 Å². The standard InChI is InChI=1S/C31H40N2O2/c1-7-17-33(18-13-24-10-8-9-16-32-24)29(34)28-12-11-25(35-28)20-23-21-27-26(19-22(23)2)30(3,4)14-15-31(27,5)6/h8-12,16,19,21H,7,13-15,17-18,20H2,1-6H3. The lowest BCUT2D eigenvalue weighted by molar-refractivity contribution is 0.0723. The normalized spacial score (nSPS) is 16.1. The summed E-state index contributed by atoms with van der Waals surface area (Å²) in [6.45, 7) is 15.1. The fourth-order valence-corrected chi connectivity index (χ4v) is 5.27. The molecule has 35 heavy (non-hydrogen) atoms. The Labute approximate surface area is 210 Å². The Morgan fingerprint density at radius 3 is 2.37 bits per heavy atom. The molecular weight excluding hydrogens is 432 g/mol. The van der Waals surface area contributed by atoms with Gasteiger partial charge in [0, 0.05) is 37.8 Å². The van der Waals surface area contributed by atoms with Crippen molar-refractivity contribution < 1.29 is 9.21 Å². The second-order valence-electron chi connectivity index (χ2n) is 11.4. The highest BCUT2D eigenvalue weighted by atomic mass is 16.4. The lowest BCUT2D eigenvalue weighted by Crippen LogP contribution is -2.34. The third-order valence-electron chi connectivity index (χ3n) is 7.69. The highest BCUT2D eigenvalue weighted by Gasteiger charge is 2.37. The van der Waals surface area contributed by atoms with E-state index in [1.54, 1.807) is 6.20 Å². The van der Waals surface area contributed by atoms with Gasteiger partial charge in [0.05, 0.1) is 0 Å². The molecule has 1 aliphatic carbocycles. The van der Waals surface area contributed by atoms with E-state index in [0.717, 1.165) is 24.3 Å². The first-order valence-electron chi connectivity index (χ1n) is 13.0. The zero-order valence-corrected chi connectivity index (χ0v) is 22.3. The molecule has 0 N–H and O–H groups in total. The molecule has 1 aromatic carbocycles.